The van der Waals surface area contributed by atoms with Gasteiger partial charge in [-0.05, 0) is 23.6 Å². The van der Waals surface area contributed by atoms with Gasteiger partial charge in [0.2, 0.25) is 0 Å². The SMILES string of the molecule is c1ncc(CNCc2ccc3c(c2)CCN3)s1. The molecule has 0 saturated carbocycles. The summed E-state index contributed by atoms with van der Waals surface area (Å²) in [6.45, 7) is 2.90. The van der Waals surface area contributed by atoms with Gasteiger partial charge in [-0.1, -0.05) is 12.1 Å². The Morgan fingerprint density at radius 1 is 1.35 bits per heavy atom. The fraction of sp³-hybridized carbons (Fsp3) is 0.308. The van der Waals surface area contributed by atoms with Gasteiger partial charge in [0.05, 0.1) is 5.51 Å². The lowest BCUT2D eigenvalue weighted by Gasteiger charge is -2.06. The lowest BCUT2D eigenvalue weighted by Crippen LogP contribution is -2.11. The average Bonchev–Trinajstić information content (AvgIpc) is 2.98. The van der Waals surface area contributed by atoms with Gasteiger partial charge in [-0.25, -0.2) is 0 Å². The maximum atomic E-state index is 4.07. The second-order valence-corrected chi connectivity index (χ2v) is 5.21. The summed E-state index contributed by atoms with van der Waals surface area (Å²) in [6, 6.07) is 6.68. The van der Waals surface area contributed by atoms with E-state index in [1.165, 1.54) is 21.7 Å². The van der Waals surface area contributed by atoms with E-state index in [1.54, 1.807) is 11.3 Å². The van der Waals surface area contributed by atoms with Crippen LogP contribution in [-0.4, -0.2) is 11.5 Å². The molecular weight excluding hydrogens is 230 g/mol. The number of benzene rings is 1. The third-order valence-electron chi connectivity index (χ3n) is 2.99. The van der Waals surface area contributed by atoms with Crippen LogP contribution >= 0.6 is 11.3 Å². The molecule has 4 heteroatoms. The Balaban J connectivity index is 1.58. The van der Waals surface area contributed by atoms with Gasteiger partial charge in [-0.3, -0.25) is 4.98 Å². The summed E-state index contributed by atoms with van der Waals surface area (Å²) in [5.41, 5.74) is 5.98. The van der Waals surface area contributed by atoms with Crippen LogP contribution in [-0.2, 0) is 19.5 Å². The normalized spacial score (nSPS) is 13.4. The Morgan fingerprint density at radius 2 is 2.35 bits per heavy atom. The van der Waals surface area contributed by atoms with Gasteiger partial charge < -0.3 is 10.6 Å². The molecule has 1 aliphatic rings. The maximum Gasteiger partial charge on any atom is 0.0794 e. The minimum Gasteiger partial charge on any atom is -0.384 e. The van der Waals surface area contributed by atoms with Crippen molar-refractivity contribution in [2.75, 3.05) is 11.9 Å². The topological polar surface area (TPSA) is 37.0 Å². The van der Waals surface area contributed by atoms with Crippen LogP contribution in [0.2, 0.25) is 0 Å². The Hall–Kier alpha value is -1.39. The van der Waals surface area contributed by atoms with E-state index >= 15 is 0 Å². The number of aromatic nitrogens is 1. The molecule has 1 aliphatic heterocycles. The first-order valence-electron chi connectivity index (χ1n) is 5.85. The maximum absolute atomic E-state index is 4.07. The van der Waals surface area contributed by atoms with Crippen LogP contribution in [0, 0.1) is 0 Å². The molecule has 0 amide bonds. The van der Waals surface area contributed by atoms with Crippen molar-refractivity contribution in [3.8, 4) is 0 Å². The average molecular weight is 245 g/mol. The third kappa shape index (κ3) is 2.48. The number of hydrogen-bond donors (Lipinski definition) is 2. The lowest BCUT2D eigenvalue weighted by atomic mass is 10.1. The van der Waals surface area contributed by atoms with Crippen molar-refractivity contribution >= 4 is 17.0 Å². The van der Waals surface area contributed by atoms with Crippen molar-refractivity contribution in [3.05, 3.63) is 45.9 Å². The van der Waals surface area contributed by atoms with Crippen LogP contribution in [0.25, 0.3) is 0 Å². The number of hydrogen-bond acceptors (Lipinski definition) is 4. The molecule has 0 unspecified atom stereocenters. The first-order chi connectivity index (χ1) is 8.42. The minimum absolute atomic E-state index is 0.903. The molecule has 0 fully saturated rings. The fourth-order valence-electron chi connectivity index (χ4n) is 2.13. The lowest BCUT2D eigenvalue weighted by molar-refractivity contribution is 0.699. The van der Waals surface area contributed by atoms with Crippen LogP contribution in [0.5, 0.6) is 0 Å². The molecule has 0 saturated heterocycles. The zero-order valence-corrected chi connectivity index (χ0v) is 10.4. The minimum atomic E-state index is 0.903. The highest BCUT2D eigenvalue weighted by Crippen LogP contribution is 2.22. The molecule has 0 spiro atoms. The zero-order chi connectivity index (χ0) is 11.5. The molecule has 2 aromatic rings. The number of fused-ring (bicyclic) bond motifs is 1. The molecule has 0 bridgehead atoms. The fourth-order valence-corrected chi connectivity index (χ4v) is 2.69. The van der Waals surface area contributed by atoms with Gasteiger partial charge in [0.1, 0.15) is 0 Å². The van der Waals surface area contributed by atoms with Gasteiger partial charge >= 0.3 is 0 Å². The number of rotatable bonds is 4. The third-order valence-corrected chi connectivity index (χ3v) is 3.77. The van der Waals surface area contributed by atoms with Crippen LogP contribution in [0.4, 0.5) is 5.69 Å². The Labute approximate surface area is 105 Å². The van der Waals surface area contributed by atoms with E-state index in [9.17, 15) is 0 Å². The molecule has 88 valence electrons. The Bertz CT molecular complexity index is 493. The molecule has 1 aromatic carbocycles. The molecule has 3 nitrogen and oxygen atoms in total. The Kier molecular flexibility index (Phi) is 3.07. The molecule has 17 heavy (non-hydrogen) atoms. The Morgan fingerprint density at radius 3 is 3.24 bits per heavy atom. The molecule has 1 aromatic heterocycles. The highest BCUT2D eigenvalue weighted by Gasteiger charge is 2.09. The van der Waals surface area contributed by atoms with Crippen LogP contribution in [0.1, 0.15) is 16.0 Å². The molecule has 0 radical (unpaired) electrons. The molecule has 0 aliphatic carbocycles. The van der Waals surface area contributed by atoms with E-state index in [4.69, 9.17) is 0 Å². The van der Waals surface area contributed by atoms with Gasteiger partial charge in [0.15, 0.2) is 0 Å². The highest BCUT2D eigenvalue weighted by atomic mass is 32.1. The number of thiazole rings is 1. The van der Waals surface area contributed by atoms with Crippen molar-refractivity contribution in [1.82, 2.24) is 10.3 Å². The largest absolute Gasteiger partial charge is 0.384 e. The smallest absolute Gasteiger partial charge is 0.0794 e. The van der Waals surface area contributed by atoms with Gasteiger partial charge in [-0.15, -0.1) is 11.3 Å². The van der Waals surface area contributed by atoms with E-state index in [0.29, 0.717) is 0 Å². The van der Waals surface area contributed by atoms with E-state index in [2.05, 4.69) is 33.8 Å². The summed E-state index contributed by atoms with van der Waals surface area (Å²) in [6.07, 6.45) is 3.07. The highest BCUT2D eigenvalue weighted by molar-refractivity contribution is 7.09. The summed E-state index contributed by atoms with van der Waals surface area (Å²) in [7, 11) is 0. The summed E-state index contributed by atoms with van der Waals surface area (Å²) in [5, 5.41) is 6.82. The summed E-state index contributed by atoms with van der Waals surface area (Å²) in [4.78, 5) is 5.35. The number of nitrogens with one attached hydrogen (secondary N) is 2. The van der Waals surface area contributed by atoms with Gasteiger partial charge in [0, 0.05) is 36.4 Å². The van der Waals surface area contributed by atoms with E-state index < -0.39 is 0 Å². The van der Waals surface area contributed by atoms with Gasteiger partial charge in [-0.2, -0.15) is 0 Å². The number of nitrogens with zero attached hydrogens (tertiary/aromatic N) is 1. The van der Waals surface area contributed by atoms with Crippen molar-refractivity contribution in [2.24, 2.45) is 0 Å². The van der Waals surface area contributed by atoms with E-state index in [0.717, 1.165) is 26.1 Å². The van der Waals surface area contributed by atoms with Gasteiger partial charge in [0.25, 0.3) is 0 Å². The monoisotopic (exact) mass is 245 g/mol. The predicted molar refractivity (Wildman–Crippen MR) is 71.3 cm³/mol. The molecule has 3 rings (SSSR count). The summed E-state index contributed by atoms with van der Waals surface area (Å²) < 4.78 is 0. The predicted octanol–water partition coefficient (Wildman–Crippen LogP) is 2.40. The first kappa shape index (κ1) is 10.7. The van der Waals surface area contributed by atoms with Crippen molar-refractivity contribution in [1.29, 1.82) is 0 Å². The van der Waals surface area contributed by atoms with Crippen molar-refractivity contribution in [2.45, 2.75) is 19.5 Å². The van der Waals surface area contributed by atoms with Crippen molar-refractivity contribution in [3.63, 3.8) is 0 Å². The van der Waals surface area contributed by atoms with Crippen LogP contribution in [0.3, 0.4) is 0 Å². The second kappa shape index (κ2) is 4.85. The second-order valence-electron chi connectivity index (χ2n) is 4.24. The first-order valence-corrected chi connectivity index (χ1v) is 6.73. The molecule has 0 atom stereocenters. The molecule has 2 heterocycles. The van der Waals surface area contributed by atoms with E-state index in [-0.39, 0.29) is 0 Å². The van der Waals surface area contributed by atoms with Crippen molar-refractivity contribution < 1.29 is 0 Å². The summed E-state index contributed by atoms with van der Waals surface area (Å²) >= 11 is 1.69. The van der Waals surface area contributed by atoms with Crippen LogP contribution in [0.15, 0.2) is 29.9 Å². The zero-order valence-electron chi connectivity index (χ0n) is 9.57. The quantitative estimate of drug-likeness (QED) is 0.868. The standard InChI is InChI=1S/C13H15N3S/c1-2-13-11(3-4-16-13)5-10(1)6-14-7-12-8-15-9-17-12/h1-2,5,8-9,14,16H,3-4,6-7H2. The summed E-state index contributed by atoms with van der Waals surface area (Å²) in [5.74, 6) is 0. The number of anilines is 1. The molecule has 2 N–H and O–H groups in total. The van der Waals surface area contributed by atoms with E-state index in [1.807, 2.05) is 11.7 Å². The van der Waals surface area contributed by atoms with Crippen LogP contribution < -0.4 is 10.6 Å². The molecular formula is C13H15N3S.